The normalized spacial score (nSPS) is 11.5. The van der Waals surface area contributed by atoms with Crippen molar-refractivity contribution in [2.75, 3.05) is 18.3 Å². The van der Waals surface area contributed by atoms with Crippen molar-refractivity contribution in [3.05, 3.63) is 41.1 Å². The molecular weight excluding hydrogens is 356 g/mol. The number of halogens is 1. The summed E-state index contributed by atoms with van der Waals surface area (Å²) in [5.41, 5.74) is 0.507. The van der Waals surface area contributed by atoms with Crippen LogP contribution in [0.5, 0.6) is 0 Å². The monoisotopic (exact) mass is 372 g/mol. The Hall–Kier alpha value is -1.38. The maximum absolute atomic E-state index is 12.3. The number of aromatic nitrogens is 2. The first-order valence-corrected chi connectivity index (χ1v) is 8.74. The average molecular weight is 373 g/mol. The molecule has 0 fully saturated rings. The van der Waals surface area contributed by atoms with Crippen LogP contribution in [-0.2, 0) is 16.6 Å². The Balaban J connectivity index is 2.09. The molecule has 0 aliphatic rings. The topological polar surface area (TPSA) is 76.0 Å². The summed E-state index contributed by atoms with van der Waals surface area (Å²) in [6.45, 7) is 1.53. The Kier molecular flexibility index (Phi) is 5.38. The number of rotatable bonds is 7. The van der Waals surface area contributed by atoms with Gasteiger partial charge in [-0.2, -0.15) is 5.10 Å². The third-order valence-corrected chi connectivity index (χ3v) is 4.64. The SMILES string of the molecule is CNCCCn1cc(S(=O)(=O)Nc2cccc(Br)c2)cn1. The molecule has 0 radical (unpaired) electrons. The lowest BCUT2D eigenvalue weighted by atomic mass is 10.3. The van der Waals surface area contributed by atoms with Crippen molar-refractivity contribution in [1.82, 2.24) is 15.1 Å². The zero-order chi connectivity index (χ0) is 15.3. The Labute approximate surface area is 132 Å². The molecule has 1 heterocycles. The van der Waals surface area contributed by atoms with E-state index in [1.54, 1.807) is 22.9 Å². The van der Waals surface area contributed by atoms with Gasteiger partial charge in [0.25, 0.3) is 10.0 Å². The van der Waals surface area contributed by atoms with Gasteiger partial charge in [-0.15, -0.1) is 0 Å². The summed E-state index contributed by atoms with van der Waals surface area (Å²) in [5, 5.41) is 7.11. The Morgan fingerprint density at radius 1 is 1.38 bits per heavy atom. The molecule has 2 N–H and O–H groups in total. The predicted molar refractivity (Wildman–Crippen MR) is 85.7 cm³/mol. The number of benzene rings is 1. The number of aryl methyl sites for hydroxylation is 1. The second kappa shape index (κ2) is 7.06. The first kappa shape index (κ1) is 16.0. The van der Waals surface area contributed by atoms with Crippen LogP contribution in [0, 0.1) is 0 Å². The Morgan fingerprint density at radius 2 is 2.19 bits per heavy atom. The number of sulfonamides is 1. The van der Waals surface area contributed by atoms with Gasteiger partial charge in [-0.1, -0.05) is 22.0 Å². The van der Waals surface area contributed by atoms with E-state index in [1.165, 1.54) is 12.4 Å². The minimum Gasteiger partial charge on any atom is -0.320 e. The second-order valence-corrected chi connectivity index (χ2v) is 7.11. The summed E-state index contributed by atoms with van der Waals surface area (Å²) < 4.78 is 29.5. The largest absolute Gasteiger partial charge is 0.320 e. The lowest BCUT2D eigenvalue weighted by molar-refractivity contribution is 0.561. The predicted octanol–water partition coefficient (Wildman–Crippen LogP) is 2.06. The molecule has 1 aromatic carbocycles. The third-order valence-electron chi connectivity index (χ3n) is 2.81. The van der Waals surface area contributed by atoms with Gasteiger partial charge in [0.2, 0.25) is 0 Å². The smallest absolute Gasteiger partial charge is 0.265 e. The van der Waals surface area contributed by atoms with E-state index >= 15 is 0 Å². The van der Waals surface area contributed by atoms with Crippen molar-refractivity contribution in [1.29, 1.82) is 0 Å². The molecule has 0 aliphatic carbocycles. The zero-order valence-corrected chi connectivity index (χ0v) is 14.0. The number of hydrogen-bond acceptors (Lipinski definition) is 4. The first-order valence-electron chi connectivity index (χ1n) is 6.47. The molecule has 0 unspecified atom stereocenters. The number of nitrogens with one attached hydrogen (secondary N) is 2. The van der Waals surface area contributed by atoms with E-state index in [0.717, 1.165) is 17.4 Å². The fourth-order valence-electron chi connectivity index (χ4n) is 1.79. The van der Waals surface area contributed by atoms with Crippen LogP contribution in [0.1, 0.15) is 6.42 Å². The van der Waals surface area contributed by atoms with E-state index in [4.69, 9.17) is 0 Å². The van der Waals surface area contributed by atoms with Crippen LogP contribution in [-0.4, -0.2) is 31.8 Å². The number of anilines is 1. The molecule has 0 amide bonds. The van der Waals surface area contributed by atoms with Gasteiger partial charge in [-0.25, -0.2) is 8.42 Å². The van der Waals surface area contributed by atoms with Crippen molar-refractivity contribution in [2.45, 2.75) is 17.9 Å². The van der Waals surface area contributed by atoms with Crippen molar-refractivity contribution in [3.63, 3.8) is 0 Å². The summed E-state index contributed by atoms with van der Waals surface area (Å²) in [5.74, 6) is 0. The Bertz CT molecular complexity index is 700. The molecule has 1 aromatic heterocycles. The van der Waals surface area contributed by atoms with Gasteiger partial charge in [0, 0.05) is 22.9 Å². The molecule has 114 valence electrons. The summed E-state index contributed by atoms with van der Waals surface area (Å²) in [6, 6.07) is 7.00. The molecule has 0 atom stereocenters. The van der Waals surface area contributed by atoms with E-state index < -0.39 is 10.0 Å². The summed E-state index contributed by atoms with van der Waals surface area (Å²) >= 11 is 3.31. The van der Waals surface area contributed by atoms with E-state index in [9.17, 15) is 8.42 Å². The van der Waals surface area contributed by atoms with Crippen molar-refractivity contribution < 1.29 is 8.42 Å². The van der Waals surface area contributed by atoms with Gasteiger partial charge in [0.05, 0.1) is 6.20 Å². The van der Waals surface area contributed by atoms with Crippen LogP contribution in [0.15, 0.2) is 46.0 Å². The lowest BCUT2D eigenvalue weighted by Gasteiger charge is -2.06. The maximum Gasteiger partial charge on any atom is 0.265 e. The van der Waals surface area contributed by atoms with Crippen molar-refractivity contribution >= 4 is 31.6 Å². The minimum atomic E-state index is -3.61. The summed E-state index contributed by atoms with van der Waals surface area (Å²) in [4.78, 5) is 0.159. The summed E-state index contributed by atoms with van der Waals surface area (Å²) in [6.07, 6.45) is 3.78. The van der Waals surface area contributed by atoms with Gasteiger partial charge in [0.15, 0.2) is 0 Å². The van der Waals surface area contributed by atoms with Gasteiger partial charge in [-0.3, -0.25) is 9.40 Å². The average Bonchev–Trinajstić information content (AvgIpc) is 2.88. The van der Waals surface area contributed by atoms with Crippen molar-refractivity contribution in [2.24, 2.45) is 0 Å². The highest BCUT2D eigenvalue weighted by molar-refractivity contribution is 9.10. The molecule has 0 saturated carbocycles. The van der Waals surface area contributed by atoms with Crippen LogP contribution in [0.25, 0.3) is 0 Å². The standard InChI is InChI=1S/C13H17BrN4O2S/c1-15-6-3-7-18-10-13(9-16-18)21(19,20)17-12-5-2-4-11(14)8-12/h2,4-5,8-10,15,17H,3,6-7H2,1H3. The minimum absolute atomic E-state index is 0.159. The third kappa shape index (κ3) is 4.55. The maximum atomic E-state index is 12.3. The van der Waals surface area contributed by atoms with E-state index in [0.29, 0.717) is 12.2 Å². The van der Waals surface area contributed by atoms with Crippen LogP contribution < -0.4 is 10.0 Å². The molecule has 2 aromatic rings. The quantitative estimate of drug-likeness (QED) is 0.729. The highest BCUT2D eigenvalue weighted by Crippen LogP contribution is 2.19. The lowest BCUT2D eigenvalue weighted by Crippen LogP contribution is -2.13. The molecule has 0 saturated heterocycles. The molecule has 2 rings (SSSR count). The highest BCUT2D eigenvalue weighted by Gasteiger charge is 2.16. The zero-order valence-electron chi connectivity index (χ0n) is 11.6. The van der Waals surface area contributed by atoms with E-state index in [-0.39, 0.29) is 4.90 Å². The fraction of sp³-hybridized carbons (Fsp3) is 0.308. The number of hydrogen-bond donors (Lipinski definition) is 2. The van der Waals surface area contributed by atoms with Gasteiger partial charge in [-0.05, 0) is 38.2 Å². The molecule has 21 heavy (non-hydrogen) atoms. The first-order chi connectivity index (χ1) is 10.0. The van der Waals surface area contributed by atoms with Crippen LogP contribution in [0.4, 0.5) is 5.69 Å². The second-order valence-electron chi connectivity index (χ2n) is 4.51. The molecule has 8 heteroatoms. The number of nitrogens with zero attached hydrogens (tertiary/aromatic N) is 2. The van der Waals surface area contributed by atoms with Crippen molar-refractivity contribution in [3.8, 4) is 0 Å². The summed E-state index contributed by atoms with van der Waals surface area (Å²) in [7, 11) is -1.73. The fourth-order valence-corrected chi connectivity index (χ4v) is 3.19. The van der Waals surface area contributed by atoms with Crippen LogP contribution >= 0.6 is 15.9 Å². The molecular formula is C13H17BrN4O2S. The Morgan fingerprint density at radius 3 is 2.90 bits per heavy atom. The van der Waals surface area contributed by atoms with E-state index in [1.807, 2.05) is 13.1 Å². The van der Waals surface area contributed by atoms with Gasteiger partial charge in [0.1, 0.15) is 4.90 Å². The van der Waals surface area contributed by atoms with Gasteiger partial charge < -0.3 is 5.32 Å². The highest BCUT2D eigenvalue weighted by atomic mass is 79.9. The molecule has 6 nitrogen and oxygen atoms in total. The van der Waals surface area contributed by atoms with Crippen LogP contribution in [0.2, 0.25) is 0 Å². The van der Waals surface area contributed by atoms with E-state index in [2.05, 4.69) is 31.1 Å². The molecule has 0 spiro atoms. The molecule has 0 bridgehead atoms. The van der Waals surface area contributed by atoms with Crippen LogP contribution in [0.3, 0.4) is 0 Å². The van der Waals surface area contributed by atoms with Gasteiger partial charge >= 0.3 is 0 Å². The molecule has 0 aliphatic heterocycles.